The molecule has 2 atom stereocenters. The zero-order valence-corrected chi connectivity index (χ0v) is 9.93. The number of nitrogens with two attached hydrogens (primary N) is 1. The van der Waals surface area contributed by atoms with Crippen molar-refractivity contribution >= 4 is 11.4 Å². The summed E-state index contributed by atoms with van der Waals surface area (Å²) in [6.45, 7) is 3.65. The van der Waals surface area contributed by atoms with Crippen LogP contribution in [0.5, 0.6) is 0 Å². The van der Waals surface area contributed by atoms with Gasteiger partial charge in [0.25, 0.3) is 0 Å². The monoisotopic (exact) mass is 231 g/mol. The number of rotatable bonds is 1. The smallest absolute Gasteiger partial charge is 0.0992 e. The molecule has 1 aromatic rings. The van der Waals surface area contributed by atoms with E-state index in [0.717, 1.165) is 25.2 Å². The van der Waals surface area contributed by atoms with Crippen molar-refractivity contribution in [2.45, 2.75) is 19.4 Å². The quantitative estimate of drug-likeness (QED) is 0.715. The Morgan fingerprint density at radius 2 is 2.29 bits per heavy atom. The number of hydrogen-bond donors (Lipinski definition) is 2. The van der Waals surface area contributed by atoms with Crippen LogP contribution < -0.4 is 10.6 Å². The van der Waals surface area contributed by atoms with Gasteiger partial charge in [0, 0.05) is 13.1 Å². The molecule has 1 aliphatic rings. The molecule has 17 heavy (non-hydrogen) atoms. The van der Waals surface area contributed by atoms with Gasteiger partial charge in [0.05, 0.1) is 29.1 Å². The third kappa shape index (κ3) is 2.34. The fraction of sp³-hybridized carbons (Fsp3) is 0.462. The summed E-state index contributed by atoms with van der Waals surface area (Å²) in [6.07, 6.45) is 0.548. The standard InChI is InChI=1S/C13H17N3O/c1-9-8-16(5-4-13(9)17)12-3-2-10(7-14)6-11(12)15/h2-3,6,9,13,17H,4-5,8,15H2,1H3. The second kappa shape index (κ2) is 4.64. The Balaban J connectivity index is 2.21. The van der Waals surface area contributed by atoms with Crippen LogP contribution in [0.25, 0.3) is 0 Å². The minimum absolute atomic E-state index is 0.217. The highest BCUT2D eigenvalue weighted by atomic mass is 16.3. The minimum atomic E-state index is -0.217. The second-order valence-corrected chi connectivity index (χ2v) is 4.66. The van der Waals surface area contributed by atoms with E-state index in [1.807, 2.05) is 13.0 Å². The third-order valence-corrected chi connectivity index (χ3v) is 3.36. The number of nitrogen functional groups attached to an aromatic ring is 1. The number of aliphatic hydroxyl groups excluding tert-OH is 1. The Kier molecular flexibility index (Phi) is 3.21. The molecule has 0 aliphatic carbocycles. The zero-order valence-electron chi connectivity index (χ0n) is 9.93. The van der Waals surface area contributed by atoms with E-state index in [-0.39, 0.29) is 12.0 Å². The lowest BCUT2D eigenvalue weighted by molar-refractivity contribution is 0.0971. The summed E-state index contributed by atoms with van der Waals surface area (Å²) in [7, 11) is 0. The number of benzene rings is 1. The van der Waals surface area contributed by atoms with E-state index in [1.165, 1.54) is 0 Å². The van der Waals surface area contributed by atoms with Crippen molar-refractivity contribution < 1.29 is 5.11 Å². The van der Waals surface area contributed by atoms with Gasteiger partial charge in [-0.25, -0.2) is 0 Å². The molecule has 90 valence electrons. The lowest BCUT2D eigenvalue weighted by atomic mass is 9.96. The van der Waals surface area contributed by atoms with Crippen molar-refractivity contribution in [3.05, 3.63) is 23.8 Å². The molecule has 2 rings (SSSR count). The Labute approximate surface area is 101 Å². The highest BCUT2D eigenvalue weighted by molar-refractivity contribution is 5.69. The molecule has 4 heteroatoms. The minimum Gasteiger partial charge on any atom is -0.397 e. The van der Waals surface area contributed by atoms with Crippen LogP contribution in [0.4, 0.5) is 11.4 Å². The summed E-state index contributed by atoms with van der Waals surface area (Å²) in [4.78, 5) is 2.17. The molecule has 1 saturated heterocycles. The number of hydrogen-bond acceptors (Lipinski definition) is 4. The first-order valence-electron chi connectivity index (χ1n) is 5.84. The number of nitriles is 1. The van der Waals surface area contributed by atoms with Gasteiger partial charge in [-0.15, -0.1) is 0 Å². The predicted molar refractivity (Wildman–Crippen MR) is 67.6 cm³/mol. The van der Waals surface area contributed by atoms with Gasteiger partial charge in [-0.05, 0) is 30.5 Å². The average Bonchev–Trinajstić information content (AvgIpc) is 2.32. The van der Waals surface area contributed by atoms with Gasteiger partial charge in [0.1, 0.15) is 0 Å². The van der Waals surface area contributed by atoms with Crippen LogP contribution in [0.2, 0.25) is 0 Å². The third-order valence-electron chi connectivity index (χ3n) is 3.36. The van der Waals surface area contributed by atoms with Crippen molar-refractivity contribution in [3.63, 3.8) is 0 Å². The number of piperidine rings is 1. The highest BCUT2D eigenvalue weighted by Gasteiger charge is 2.25. The summed E-state index contributed by atoms with van der Waals surface area (Å²) in [5, 5.41) is 18.5. The molecule has 2 unspecified atom stereocenters. The topological polar surface area (TPSA) is 73.3 Å². The van der Waals surface area contributed by atoms with Crippen molar-refractivity contribution in [1.82, 2.24) is 0 Å². The zero-order chi connectivity index (χ0) is 12.4. The van der Waals surface area contributed by atoms with Crippen molar-refractivity contribution in [1.29, 1.82) is 5.26 Å². The lowest BCUT2D eigenvalue weighted by Gasteiger charge is -2.36. The van der Waals surface area contributed by atoms with Crippen molar-refractivity contribution in [2.75, 3.05) is 23.7 Å². The van der Waals surface area contributed by atoms with Gasteiger partial charge in [0.15, 0.2) is 0 Å². The van der Waals surface area contributed by atoms with Gasteiger partial charge in [0.2, 0.25) is 0 Å². The van der Waals surface area contributed by atoms with E-state index in [2.05, 4.69) is 11.0 Å². The Morgan fingerprint density at radius 3 is 2.88 bits per heavy atom. The number of anilines is 2. The molecule has 1 aromatic carbocycles. The van der Waals surface area contributed by atoms with Gasteiger partial charge in [-0.3, -0.25) is 0 Å². The average molecular weight is 231 g/mol. The van der Waals surface area contributed by atoms with E-state index in [0.29, 0.717) is 11.3 Å². The Morgan fingerprint density at radius 1 is 1.53 bits per heavy atom. The van der Waals surface area contributed by atoms with Crippen LogP contribution in [0.1, 0.15) is 18.9 Å². The molecule has 0 bridgehead atoms. The first-order valence-corrected chi connectivity index (χ1v) is 5.84. The number of nitrogens with zero attached hydrogens (tertiary/aromatic N) is 2. The maximum atomic E-state index is 9.69. The SMILES string of the molecule is CC1CN(c2ccc(C#N)cc2N)CCC1O. The van der Waals surface area contributed by atoms with Crippen LogP contribution >= 0.6 is 0 Å². The van der Waals surface area contributed by atoms with Crippen molar-refractivity contribution in [2.24, 2.45) is 5.92 Å². The van der Waals surface area contributed by atoms with Crippen LogP contribution in [0.3, 0.4) is 0 Å². The van der Waals surface area contributed by atoms with Crippen LogP contribution in [0, 0.1) is 17.2 Å². The molecular formula is C13H17N3O. The first kappa shape index (κ1) is 11.7. The lowest BCUT2D eigenvalue weighted by Crippen LogP contribution is -2.42. The van der Waals surface area contributed by atoms with E-state index < -0.39 is 0 Å². The summed E-state index contributed by atoms with van der Waals surface area (Å²) in [5.41, 5.74) is 8.13. The molecule has 0 amide bonds. The number of aliphatic hydroxyl groups is 1. The summed E-state index contributed by atoms with van der Waals surface area (Å²) in [6, 6.07) is 7.44. The molecule has 3 N–H and O–H groups in total. The molecule has 0 radical (unpaired) electrons. The van der Waals surface area contributed by atoms with Gasteiger partial charge in [-0.1, -0.05) is 6.92 Å². The molecule has 4 nitrogen and oxygen atoms in total. The van der Waals surface area contributed by atoms with Crippen LogP contribution in [0.15, 0.2) is 18.2 Å². The van der Waals surface area contributed by atoms with Gasteiger partial charge in [-0.2, -0.15) is 5.26 Å². The second-order valence-electron chi connectivity index (χ2n) is 4.66. The van der Waals surface area contributed by atoms with Crippen molar-refractivity contribution in [3.8, 4) is 6.07 Å². The maximum Gasteiger partial charge on any atom is 0.0992 e. The first-order chi connectivity index (χ1) is 8.11. The largest absolute Gasteiger partial charge is 0.397 e. The molecule has 0 spiro atoms. The fourth-order valence-corrected chi connectivity index (χ4v) is 2.26. The van der Waals surface area contributed by atoms with Gasteiger partial charge >= 0.3 is 0 Å². The predicted octanol–water partition coefficient (Wildman–Crippen LogP) is 1.35. The maximum absolute atomic E-state index is 9.69. The van der Waals surface area contributed by atoms with E-state index in [4.69, 9.17) is 11.0 Å². The molecule has 1 fully saturated rings. The summed E-state index contributed by atoms with van der Waals surface area (Å²) in [5.74, 6) is 0.249. The molecule has 1 heterocycles. The highest BCUT2D eigenvalue weighted by Crippen LogP contribution is 2.28. The molecule has 0 aromatic heterocycles. The van der Waals surface area contributed by atoms with Crippen LogP contribution in [-0.4, -0.2) is 24.3 Å². The molecular weight excluding hydrogens is 214 g/mol. The van der Waals surface area contributed by atoms with E-state index in [1.54, 1.807) is 12.1 Å². The molecule has 0 saturated carbocycles. The Bertz CT molecular complexity index is 452. The van der Waals surface area contributed by atoms with Crippen LogP contribution in [-0.2, 0) is 0 Å². The normalized spacial score (nSPS) is 24.4. The molecule has 1 aliphatic heterocycles. The van der Waals surface area contributed by atoms with E-state index in [9.17, 15) is 5.11 Å². The fourth-order valence-electron chi connectivity index (χ4n) is 2.26. The van der Waals surface area contributed by atoms with Gasteiger partial charge < -0.3 is 15.7 Å². The van der Waals surface area contributed by atoms with E-state index >= 15 is 0 Å². The summed E-state index contributed by atoms with van der Waals surface area (Å²) >= 11 is 0. The summed E-state index contributed by atoms with van der Waals surface area (Å²) < 4.78 is 0. The Hall–Kier alpha value is -1.73.